The molecule has 0 aliphatic heterocycles. The van der Waals surface area contributed by atoms with Crippen molar-refractivity contribution >= 4 is 23.4 Å². The van der Waals surface area contributed by atoms with E-state index in [9.17, 15) is 22.4 Å². The fraction of sp³-hybridized carbons (Fsp3) is 0.429. The van der Waals surface area contributed by atoms with Crippen LogP contribution in [0.3, 0.4) is 0 Å². The number of nitrogens with zero attached hydrogens (tertiary/aromatic N) is 3. The van der Waals surface area contributed by atoms with E-state index in [1.807, 2.05) is 73.8 Å². The van der Waals surface area contributed by atoms with Gasteiger partial charge >= 0.3 is 6.18 Å². The monoisotopic (exact) mass is 772 g/mol. The Kier molecular flexibility index (Phi) is 24.4. The van der Waals surface area contributed by atoms with Gasteiger partial charge in [-0.05, 0) is 65.8 Å². The molecular weight excluding hydrogens is 713 g/mol. The van der Waals surface area contributed by atoms with Crippen LogP contribution < -0.4 is 11.3 Å². The molecule has 1 aliphatic carbocycles. The molecule has 54 heavy (non-hydrogen) atoms. The van der Waals surface area contributed by atoms with E-state index in [2.05, 4.69) is 4.98 Å². The average molecular weight is 773 g/mol. The molecule has 12 heteroatoms. The van der Waals surface area contributed by atoms with E-state index < -0.39 is 11.7 Å². The van der Waals surface area contributed by atoms with Crippen LogP contribution in [-0.2, 0) is 37.9 Å². The molecule has 0 unspecified atom stereocenters. The molecular formula is C42H60F4N6OS. The predicted octanol–water partition coefficient (Wildman–Crippen LogP) is 11.4. The van der Waals surface area contributed by atoms with Gasteiger partial charge in [0.05, 0.1) is 25.2 Å². The zero-order valence-electron chi connectivity index (χ0n) is 33.6. The highest BCUT2D eigenvalue weighted by atomic mass is 32.2. The summed E-state index contributed by atoms with van der Waals surface area (Å²) in [5.41, 5.74) is 9.31. The Hall–Kier alpha value is -4.29. The van der Waals surface area contributed by atoms with Gasteiger partial charge in [0.2, 0.25) is 0 Å². The lowest BCUT2D eigenvalue weighted by Crippen LogP contribution is -2.41. The van der Waals surface area contributed by atoms with Crippen LogP contribution in [0.1, 0.15) is 104 Å². The lowest BCUT2D eigenvalue weighted by molar-refractivity contribution is -0.137. The Bertz CT molecular complexity index is 1720. The number of amidine groups is 2. The third-order valence-corrected chi connectivity index (χ3v) is 8.52. The molecule has 0 saturated carbocycles. The Morgan fingerprint density at radius 1 is 0.778 bits per heavy atom. The van der Waals surface area contributed by atoms with E-state index in [1.54, 1.807) is 36.4 Å². The molecule has 0 amide bonds. The van der Waals surface area contributed by atoms with Crippen molar-refractivity contribution in [2.75, 3.05) is 6.54 Å². The van der Waals surface area contributed by atoms with Gasteiger partial charge in [-0.25, -0.2) is 4.39 Å². The quantitative estimate of drug-likeness (QED) is 0.0516. The number of rotatable bonds is 9. The fourth-order valence-corrected chi connectivity index (χ4v) is 6.09. The number of fused-ring (bicyclic) bond motifs is 1. The molecule has 1 aromatic heterocycles. The molecule has 1 aliphatic rings. The van der Waals surface area contributed by atoms with Crippen molar-refractivity contribution in [2.24, 2.45) is 5.73 Å². The van der Waals surface area contributed by atoms with E-state index in [4.69, 9.17) is 16.6 Å². The van der Waals surface area contributed by atoms with E-state index >= 15 is 0 Å². The topological polar surface area (TPSA) is 112 Å². The van der Waals surface area contributed by atoms with E-state index in [0.717, 1.165) is 40.9 Å². The molecule has 0 fully saturated rings. The molecule has 0 radical (unpaired) electrons. The van der Waals surface area contributed by atoms with Crippen molar-refractivity contribution in [3.63, 3.8) is 0 Å². The van der Waals surface area contributed by atoms with E-state index in [0.29, 0.717) is 34.9 Å². The maximum absolute atomic E-state index is 13.4. The molecule has 1 heterocycles. The lowest BCUT2D eigenvalue weighted by Gasteiger charge is -2.27. The van der Waals surface area contributed by atoms with Crippen LogP contribution in [0.5, 0.6) is 0 Å². The number of halogens is 4. The Morgan fingerprint density at radius 2 is 1.28 bits per heavy atom. The summed E-state index contributed by atoms with van der Waals surface area (Å²) >= 11 is 1.33. The standard InChI is InChI=1S/C32H30F4N6OS.5C2H6/c33-25-14-6-21(7-15-25)19-44-31-40-30(43)26-2-1-3-27(26)41(31)18-29(39)42(28(38)16-37)17-20-4-8-22(9-5-20)23-10-12-24(13-11-23)32(34,35)36;5*1-2/h4-15,38-39H,1-3,16-19,37H2;5*1-2H3. The minimum absolute atomic E-state index is 0.0352. The zero-order valence-corrected chi connectivity index (χ0v) is 34.4. The molecule has 4 N–H and O–H groups in total. The van der Waals surface area contributed by atoms with Gasteiger partial charge in [0.1, 0.15) is 17.5 Å². The first kappa shape index (κ1) is 49.7. The smallest absolute Gasteiger partial charge is 0.324 e. The van der Waals surface area contributed by atoms with Crippen LogP contribution in [0.4, 0.5) is 17.6 Å². The second-order valence-electron chi connectivity index (χ2n) is 10.4. The number of nitrogens with two attached hydrogens (primary N) is 1. The molecule has 298 valence electrons. The number of benzene rings is 3. The van der Waals surface area contributed by atoms with E-state index in [-0.39, 0.29) is 42.7 Å². The number of aromatic nitrogens is 2. The summed E-state index contributed by atoms with van der Waals surface area (Å²) in [6.45, 7) is 20.1. The molecule has 5 rings (SSSR count). The van der Waals surface area contributed by atoms with Gasteiger partial charge in [-0.15, -0.1) is 0 Å². The van der Waals surface area contributed by atoms with Gasteiger partial charge in [0.15, 0.2) is 5.16 Å². The van der Waals surface area contributed by atoms with Gasteiger partial charge in [0, 0.05) is 17.0 Å². The molecule has 0 spiro atoms. The summed E-state index contributed by atoms with van der Waals surface area (Å²) in [5.74, 6) is 0.242. The van der Waals surface area contributed by atoms with Crippen molar-refractivity contribution < 1.29 is 17.6 Å². The summed E-state index contributed by atoms with van der Waals surface area (Å²) in [5, 5.41) is 18.0. The third-order valence-electron chi connectivity index (χ3n) is 7.48. The lowest BCUT2D eigenvalue weighted by atomic mass is 10.0. The van der Waals surface area contributed by atoms with Crippen molar-refractivity contribution in [1.29, 1.82) is 10.8 Å². The van der Waals surface area contributed by atoms with Crippen LogP contribution in [0, 0.1) is 16.6 Å². The highest BCUT2D eigenvalue weighted by Gasteiger charge is 2.30. The first-order chi connectivity index (χ1) is 26.0. The summed E-state index contributed by atoms with van der Waals surface area (Å²) in [4.78, 5) is 18.6. The van der Waals surface area contributed by atoms with Crippen LogP contribution in [0.15, 0.2) is 82.7 Å². The second kappa shape index (κ2) is 26.5. The van der Waals surface area contributed by atoms with Crippen molar-refractivity contribution in [3.8, 4) is 11.1 Å². The first-order valence-electron chi connectivity index (χ1n) is 18.9. The molecule has 0 bridgehead atoms. The number of hydrogen-bond donors (Lipinski definition) is 3. The number of nitrogens with one attached hydrogen (secondary N) is 2. The summed E-state index contributed by atoms with van der Waals surface area (Å²) < 4.78 is 54.1. The Morgan fingerprint density at radius 3 is 1.78 bits per heavy atom. The van der Waals surface area contributed by atoms with Crippen molar-refractivity contribution in [2.45, 2.75) is 119 Å². The average Bonchev–Trinajstić information content (AvgIpc) is 3.73. The maximum atomic E-state index is 13.4. The summed E-state index contributed by atoms with van der Waals surface area (Å²) in [6, 6.07) is 18.2. The number of alkyl halides is 3. The van der Waals surface area contributed by atoms with Gasteiger partial charge < -0.3 is 15.2 Å². The highest BCUT2D eigenvalue weighted by molar-refractivity contribution is 7.98. The van der Waals surface area contributed by atoms with Crippen molar-refractivity contribution in [1.82, 2.24) is 14.5 Å². The second-order valence-corrected chi connectivity index (χ2v) is 11.4. The normalized spacial score (nSPS) is 10.9. The minimum Gasteiger partial charge on any atom is -0.324 e. The van der Waals surface area contributed by atoms with Crippen LogP contribution in [0.2, 0.25) is 0 Å². The summed E-state index contributed by atoms with van der Waals surface area (Å²) in [7, 11) is 0. The Balaban J connectivity index is 0.00000259. The largest absolute Gasteiger partial charge is 0.416 e. The van der Waals surface area contributed by atoms with Gasteiger partial charge in [-0.2, -0.15) is 18.2 Å². The van der Waals surface area contributed by atoms with Crippen LogP contribution in [0.25, 0.3) is 11.1 Å². The van der Waals surface area contributed by atoms with Crippen LogP contribution in [-0.4, -0.2) is 32.7 Å². The number of hydrogen-bond acceptors (Lipinski definition) is 6. The maximum Gasteiger partial charge on any atom is 0.416 e. The zero-order chi connectivity index (χ0) is 41.4. The van der Waals surface area contributed by atoms with Crippen LogP contribution >= 0.6 is 11.8 Å². The molecule has 4 aromatic rings. The molecule has 7 nitrogen and oxygen atoms in total. The summed E-state index contributed by atoms with van der Waals surface area (Å²) in [6.07, 6.45) is -2.31. The Labute approximate surface area is 324 Å². The molecule has 3 aromatic carbocycles. The number of thioether (sulfide) groups is 1. The minimum atomic E-state index is -4.41. The van der Waals surface area contributed by atoms with Gasteiger partial charge in [-0.3, -0.25) is 15.6 Å². The van der Waals surface area contributed by atoms with Gasteiger partial charge in [-0.1, -0.05) is 130 Å². The molecule has 0 saturated heterocycles. The molecule has 0 atom stereocenters. The van der Waals surface area contributed by atoms with Gasteiger partial charge in [0.25, 0.3) is 5.56 Å². The third kappa shape index (κ3) is 14.5. The highest BCUT2D eigenvalue weighted by Crippen LogP contribution is 2.31. The fourth-order valence-electron chi connectivity index (χ4n) is 5.12. The van der Waals surface area contributed by atoms with E-state index in [1.165, 1.54) is 40.9 Å². The SMILES string of the molecule is CC.CC.CC.CC.CC.N=C(CN)N(Cc1ccc(-c2ccc(C(F)(F)F)cc2)cc1)C(=N)Cn1c(SCc2ccc(F)cc2)nc(=O)c2c1CCC2. The predicted molar refractivity (Wildman–Crippen MR) is 220 cm³/mol. The van der Waals surface area contributed by atoms with Crippen molar-refractivity contribution in [3.05, 3.63) is 117 Å². The first-order valence-corrected chi connectivity index (χ1v) is 19.9.